The van der Waals surface area contributed by atoms with E-state index in [0.717, 1.165) is 50.3 Å². The Hall–Kier alpha value is -4.16. The number of rotatable bonds is 2. The first-order valence-electron chi connectivity index (χ1n) is 15.1. The fraction of sp³-hybridized carbons (Fsp3) is 0.184. The predicted octanol–water partition coefficient (Wildman–Crippen LogP) is 8.63. The third kappa shape index (κ3) is 5.61. The van der Waals surface area contributed by atoms with Crippen LogP contribution in [0.3, 0.4) is 0 Å². The smallest absolute Gasteiger partial charge is 0.219 e. The molecule has 0 saturated carbocycles. The van der Waals surface area contributed by atoms with E-state index in [-0.39, 0.29) is 25.5 Å². The Morgan fingerprint density at radius 2 is 1.47 bits per heavy atom. The average molecular weight is 782 g/mol. The van der Waals surface area contributed by atoms with Gasteiger partial charge in [0.2, 0.25) is 5.78 Å². The normalized spacial score (nSPS) is 12.0. The Kier molecular flexibility index (Phi) is 7.98. The number of fused-ring (bicyclic) bond motifs is 10. The van der Waals surface area contributed by atoms with Crippen LogP contribution in [0, 0.1) is 12.1 Å². The van der Waals surface area contributed by atoms with Gasteiger partial charge in [-0.25, -0.2) is 4.98 Å². The zero-order chi connectivity index (χ0) is 30.6. The van der Waals surface area contributed by atoms with Gasteiger partial charge < -0.3 is 4.98 Å². The van der Waals surface area contributed by atoms with Gasteiger partial charge in [0, 0.05) is 31.7 Å². The summed E-state index contributed by atoms with van der Waals surface area (Å²) < 4.78 is 4.42. The first-order valence-corrected chi connectivity index (χ1v) is 18.6. The summed E-state index contributed by atoms with van der Waals surface area (Å²) in [5.41, 5.74) is 9.56. The number of pyridine rings is 1. The maximum Gasteiger partial charge on any atom is 0.219 e. The molecule has 4 heterocycles. The Balaban J connectivity index is 0.000000181. The Labute approximate surface area is 278 Å². The number of hydrogen-bond donors (Lipinski definition) is 0. The van der Waals surface area contributed by atoms with Gasteiger partial charge in [-0.05, 0) is 52.0 Å². The zero-order valence-corrected chi connectivity index (χ0v) is 29.8. The molecule has 8 rings (SSSR count). The van der Waals surface area contributed by atoms with Gasteiger partial charge in [0.1, 0.15) is 5.65 Å². The summed E-state index contributed by atoms with van der Waals surface area (Å²) in [6, 6.07) is 39.8. The molecule has 4 aromatic carbocycles. The number of benzene rings is 4. The van der Waals surface area contributed by atoms with Crippen LogP contribution in [0.15, 0.2) is 103 Å². The third-order valence-corrected chi connectivity index (χ3v) is 10.2. The van der Waals surface area contributed by atoms with Gasteiger partial charge in [-0.15, -0.1) is 42.0 Å². The van der Waals surface area contributed by atoms with Gasteiger partial charge in [-0.1, -0.05) is 75.9 Å². The molecule has 4 aromatic heterocycles. The molecule has 0 saturated heterocycles. The first-order chi connectivity index (χ1) is 21.1. The van der Waals surface area contributed by atoms with Gasteiger partial charge in [0.15, 0.2) is 0 Å². The van der Waals surface area contributed by atoms with E-state index < -0.39 is 8.07 Å². The van der Waals surface area contributed by atoms with Gasteiger partial charge >= 0.3 is 0 Å². The molecule has 0 aliphatic heterocycles. The molecule has 0 unspecified atom stereocenters. The summed E-state index contributed by atoms with van der Waals surface area (Å²) in [5, 5.41) is 2.60. The molecule has 0 atom stereocenters. The molecule has 45 heavy (non-hydrogen) atoms. The van der Waals surface area contributed by atoms with E-state index in [0.29, 0.717) is 0 Å². The maximum absolute atomic E-state index is 4.98. The first kappa shape index (κ1) is 30.8. The average Bonchev–Trinajstić information content (AvgIpc) is 3.60. The third-order valence-electron chi connectivity index (χ3n) is 8.18. The van der Waals surface area contributed by atoms with E-state index in [1.807, 2.05) is 54.7 Å². The summed E-state index contributed by atoms with van der Waals surface area (Å²) in [6.45, 7) is 13.7. The molecular formula is C38H35IrN5Si-2. The minimum atomic E-state index is -1.45. The monoisotopic (exact) mass is 782 g/mol. The van der Waals surface area contributed by atoms with Gasteiger partial charge in [0.05, 0.1) is 24.6 Å². The maximum atomic E-state index is 4.98. The van der Waals surface area contributed by atoms with Crippen LogP contribution in [-0.4, -0.2) is 31.8 Å². The topological polar surface area (TPSA) is 47.5 Å². The molecule has 0 aliphatic rings. The number of para-hydroxylation sites is 3. The molecule has 8 aromatic rings. The van der Waals surface area contributed by atoms with Crippen molar-refractivity contribution in [3.63, 3.8) is 0 Å². The summed E-state index contributed by atoms with van der Waals surface area (Å²) in [6.07, 6.45) is 1.95. The van der Waals surface area contributed by atoms with E-state index in [9.17, 15) is 0 Å². The molecule has 0 N–H and O–H groups in total. The van der Waals surface area contributed by atoms with Gasteiger partial charge in [-0.2, -0.15) is 18.2 Å². The van der Waals surface area contributed by atoms with Crippen molar-refractivity contribution >= 4 is 57.7 Å². The van der Waals surface area contributed by atoms with E-state index in [1.165, 1.54) is 16.1 Å². The van der Waals surface area contributed by atoms with E-state index in [1.54, 1.807) is 0 Å². The van der Waals surface area contributed by atoms with Crippen molar-refractivity contribution < 1.29 is 20.1 Å². The van der Waals surface area contributed by atoms with E-state index in [2.05, 4.69) is 115 Å². The second-order valence-electron chi connectivity index (χ2n) is 13.4. The number of aromatic nitrogens is 5. The van der Waals surface area contributed by atoms with Crippen molar-refractivity contribution in [3.05, 3.63) is 121 Å². The fourth-order valence-corrected chi connectivity index (χ4v) is 6.82. The predicted molar refractivity (Wildman–Crippen MR) is 185 cm³/mol. The van der Waals surface area contributed by atoms with Gasteiger partial charge in [0.25, 0.3) is 0 Å². The van der Waals surface area contributed by atoms with Crippen LogP contribution in [0.2, 0.25) is 19.6 Å². The Morgan fingerprint density at radius 1 is 0.711 bits per heavy atom. The number of nitrogens with zero attached hydrogens (tertiary/aromatic N) is 5. The zero-order valence-electron chi connectivity index (χ0n) is 26.4. The minimum Gasteiger partial charge on any atom is -0.304 e. The molecule has 5 nitrogen and oxygen atoms in total. The summed E-state index contributed by atoms with van der Waals surface area (Å²) in [5.74, 6) is 0.884. The van der Waals surface area contributed by atoms with Crippen LogP contribution < -0.4 is 5.19 Å². The molecule has 7 heteroatoms. The standard InChI is InChI=1S/C23H19N4Si.C15H16N.Ir/c1-28(2,3)15-12-13-19-16(14-15)22-24-17-8-4-7-11-21(17)27(22)23-25-18-9-5-6-10-20(18)26(19)23;1-15(2,3)13-9-10-14(16-11-13)12-7-5-4-6-8-12;/h4-10,12-14H,1-3H3;4-7,9-11H,1-3H3;/q2*-1;. The van der Waals surface area contributed by atoms with Crippen molar-refractivity contribution in [1.82, 2.24) is 23.8 Å². The summed E-state index contributed by atoms with van der Waals surface area (Å²) >= 11 is 0. The van der Waals surface area contributed by atoms with Crippen molar-refractivity contribution in [2.24, 2.45) is 0 Å². The number of imidazole rings is 2. The molecule has 0 bridgehead atoms. The van der Waals surface area contributed by atoms with Gasteiger partial charge in [-0.3, -0.25) is 13.8 Å². The van der Waals surface area contributed by atoms with E-state index >= 15 is 0 Å². The van der Waals surface area contributed by atoms with Crippen LogP contribution >= 0.6 is 0 Å². The SMILES string of the molecule is CC(C)(C)c1ccc(-c2[c-]cccc2)nc1.C[Si](C)(C)c1ccc2c(c1)c1nc3ccc[c-]c3n1c1nc3ccccc3n21.[Ir]. The van der Waals surface area contributed by atoms with Crippen molar-refractivity contribution in [2.45, 2.75) is 45.8 Å². The van der Waals surface area contributed by atoms with Crippen LogP contribution in [0.5, 0.6) is 0 Å². The van der Waals surface area contributed by atoms with Crippen molar-refractivity contribution in [1.29, 1.82) is 0 Å². The number of hydrogen-bond acceptors (Lipinski definition) is 3. The molecule has 227 valence electrons. The fourth-order valence-electron chi connectivity index (χ4n) is 5.66. The van der Waals surface area contributed by atoms with Crippen LogP contribution in [0.4, 0.5) is 0 Å². The van der Waals surface area contributed by atoms with Crippen molar-refractivity contribution in [2.75, 3.05) is 0 Å². The molecule has 1 radical (unpaired) electrons. The summed E-state index contributed by atoms with van der Waals surface area (Å²) in [4.78, 5) is 14.4. The minimum absolute atomic E-state index is 0. The largest absolute Gasteiger partial charge is 0.304 e. The molecule has 0 amide bonds. The molecular weight excluding hydrogens is 747 g/mol. The van der Waals surface area contributed by atoms with Crippen LogP contribution in [0.25, 0.3) is 55.7 Å². The van der Waals surface area contributed by atoms with E-state index in [4.69, 9.17) is 9.97 Å². The molecule has 0 fully saturated rings. The molecule has 0 spiro atoms. The molecule has 0 aliphatic carbocycles. The second-order valence-corrected chi connectivity index (χ2v) is 18.4. The van der Waals surface area contributed by atoms with Crippen LogP contribution in [0.1, 0.15) is 26.3 Å². The summed E-state index contributed by atoms with van der Waals surface area (Å²) in [7, 11) is -1.45. The quantitative estimate of drug-likeness (QED) is 0.130. The Morgan fingerprint density at radius 3 is 2.18 bits per heavy atom. The Bertz CT molecular complexity index is 2290. The van der Waals surface area contributed by atoms with Crippen LogP contribution in [-0.2, 0) is 25.5 Å². The second kappa shape index (κ2) is 11.6. The van der Waals surface area contributed by atoms with Crippen molar-refractivity contribution in [3.8, 4) is 11.3 Å².